The molecule has 0 bridgehead atoms. The maximum absolute atomic E-state index is 12.2. The summed E-state index contributed by atoms with van der Waals surface area (Å²) in [6.07, 6.45) is 4.49. The van der Waals surface area contributed by atoms with Crippen LogP contribution in [0, 0.1) is 0 Å². The Morgan fingerprint density at radius 2 is 2.12 bits per heavy atom. The molecule has 0 fully saturated rings. The van der Waals surface area contributed by atoms with Gasteiger partial charge in [0.25, 0.3) is 0 Å². The third-order valence-corrected chi connectivity index (χ3v) is 3.88. The van der Waals surface area contributed by atoms with Gasteiger partial charge in [0.1, 0.15) is 12.9 Å². The first-order valence-corrected chi connectivity index (χ1v) is 7.94. The van der Waals surface area contributed by atoms with Crippen molar-refractivity contribution in [2.24, 2.45) is 0 Å². The van der Waals surface area contributed by atoms with Crippen molar-refractivity contribution in [3.05, 3.63) is 48.7 Å². The lowest BCUT2D eigenvalue weighted by Gasteiger charge is -2.09. The van der Waals surface area contributed by atoms with Crippen molar-refractivity contribution in [3.8, 4) is 0 Å². The molecular weight excluding hydrogens is 306 g/mol. The average Bonchev–Trinajstić information content (AvgIpc) is 3.21. The molecule has 0 aliphatic carbocycles. The van der Waals surface area contributed by atoms with E-state index in [-0.39, 0.29) is 12.5 Å². The highest BCUT2D eigenvalue weighted by Gasteiger charge is 2.09. The minimum Gasteiger partial charge on any atom is -0.385 e. The van der Waals surface area contributed by atoms with E-state index in [1.165, 1.54) is 0 Å². The molecule has 126 valence electrons. The van der Waals surface area contributed by atoms with Crippen LogP contribution in [0.1, 0.15) is 12.2 Å². The zero-order valence-electron chi connectivity index (χ0n) is 13.7. The van der Waals surface area contributed by atoms with Gasteiger partial charge in [0.05, 0.1) is 6.54 Å². The molecule has 0 atom stereocenters. The number of nitrogens with one attached hydrogen (secondary N) is 1. The first-order chi connectivity index (χ1) is 11.8. The van der Waals surface area contributed by atoms with Gasteiger partial charge in [0, 0.05) is 32.0 Å². The number of hydrogen-bond donors (Lipinski definition) is 1. The number of nitrogens with zero attached hydrogens (tertiary/aromatic N) is 4. The van der Waals surface area contributed by atoms with Crippen molar-refractivity contribution in [1.29, 1.82) is 0 Å². The van der Waals surface area contributed by atoms with Gasteiger partial charge < -0.3 is 19.2 Å². The fraction of sp³-hybridized carbons (Fsp3) is 0.353. The smallest absolute Gasteiger partial charge is 0.240 e. The summed E-state index contributed by atoms with van der Waals surface area (Å²) in [5, 5.41) is 12.0. The number of carbonyl (C=O) groups excluding carboxylic acids is 1. The number of rotatable bonds is 8. The summed E-state index contributed by atoms with van der Waals surface area (Å²) in [6, 6.07) is 10.0. The molecule has 0 aliphatic heterocycles. The molecule has 0 saturated heterocycles. The number of carbonyl (C=O) groups is 1. The number of hydrogen-bond acceptors (Lipinski definition) is 4. The Hall–Kier alpha value is -2.67. The fourth-order valence-corrected chi connectivity index (χ4v) is 2.65. The second kappa shape index (κ2) is 7.74. The Morgan fingerprint density at radius 1 is 1.25 bits per heavy atom. The molecule has 1 N–H and O–H groups in total. The average molecular weight is 327 g/mol. The summed E-state index contributed by atoms with van der Waals surface area (Å²) in [5.41, 5.74) is 1.05. The van der Waals surface area contributed by atoms with Crippen LogP contribution < -0.4 is 5.32 Å². The lowest BCUT2D eigenvalue weighted by molar-refractivity contribution is -0.121. The molecule has 0 spiro atoms. The van der Waals surface area contributed by atoms with Gasteiger partial charge >= 0.3 is 0 Å². The van der Waals surface area contributed by atoms with Crippen LogP contribution in [0.4, 0.5) is 0 Å². The molecule has 7 nitrogen and oxygen atoms in total. The third-order valence-electron chi connectivity index (χ3n) is 3.88. The molecule has 7 heteroatoms. The Labute approximate surface area is 140 Å². The van der Waals surface area contributed by atoms with Gasteiger partial charge in [-0.15, -0.1) is 10.2 Å². The summed E-state index contributed by atoms with van der Waals surface area (Å²) in [7, 11) is 1.68. The Morgan fingerprint density at radius 3 is 3.00 bits per heavy atom. The topological polar surface area (TPSA) is 74.0 Å². The Kier molecular flexibility index (Phi) is 5.22. The summed E-state index contributed by atoms with van der Waals surface area (Å²) in [6.45, 7) is 2.11. The number of fused-ring (bicyclic) bond motifs is 1. The second-order valence-electron chi connectivity index (χ2n) is 5.57. The normalized spacial score (nSPS) is 11.0. The monoisotopic (exact) mass is 327 g/mol. The van der Waals surface area contributed by atoms with E-state index in [1.807, 2.05) is 45.7 Å². The molecule has 0 aliphatic rings. The van der Waals surface area contributed by atoms with Gasteiger partial charge in [-0.25, -0.2) is 0 Å². The number of aryl methyl sites for hydroxylation is 1. The number of amides is 1. The SMILES string of the molecule is COCCCn1cnnc1CNC(=O)Cn1ccc2ccccc21. The van der Waals surface area contributed by atoms with Crippen LogP contribution in [-0.4, -0.2) is 39.0 Å². The van der Waals surface area contributed by atoms with Crippen LogP contribution in [0.25, 0.3) is 10.9 Å². The largest absolute Gasteiger partial charge is 0.385 e. The van der Waals surface area contributed by atoms with Crippen molar-refractivity contribution < 1.29 is 9.53 Å². The van der Waals surface area contributed by atoms with Gasteiger partial charge in [-0.1, -0.05) is 18.2 Å². The maximum Gasteiger partial charge on any atom is 0.240 e. The summed E-state index contributed by atoms with van der Waals surface area (Å²) < 4.78 is 8.92. The molecule has 1 aromatic carbocycles. The lowest BCUT2D eigenvalue weighted by atomic mass is 10.2. The highest BCUT2D eigenvalue weighted by molar-refractivity contribution is 5.83. The van der Waals surface area contributed by atoms with Gasteiger partial charge in [0.2, 0.25) is 5.91 Å². The predicted molar refractivity (Wildman–Crippen MR) is 90.3 cm³/mol. The van der Waals surface area contributed by atoms with Crippen LogP contribution in [-0.2, 0) is 29.2 Å². The van der Waals surface area contributed by atoms with Crippen LogP contribution >= 0.6 is 0 Å². The molecule has 0 radical (unpaired) electrons. The number of methoxy groups -OCH3 is 1. The van der Waals surface area contributed by atoms with E-state index in [1.54, 1.807) is 13.4 Å². The van der Waals surface area contributed by atoms with E-state index in [0.717, 1.165) is 29.7 Å². The van der Waals surface area contributed by atoms with Crippen molar-refractivity contribution >= 4 is 16.8 Å². The molecule has 3 rings (SSSR count). The highest BCUT2D eigenvalue weighted by atomic mass is 16.5. The minimum absolute atomic E-state index is 0.0530. The van der Waals surface area contributed by atoms with Gasteiger partial charge in [0.15, 0.2) is 5.82 Å². The second-order valence-corrected chi connectivity index (χ2v) is 5.57. The molecule has 2 heterocycles. The van der Waals surface area contributed by atoms with Crippen molar-refractivity contribution in [3.63, 3.8) is 0 Å². The molecule has 24 heavy (non-hydrogen) atoms. The molecule has 2 aromatic heterocycles. The summed E-state index contributed by atoms with van der Waals surface area (Å²) in [4.78, 5) is 12.2. The van der Waals surface area contributed by atoms with Gasteiger partial charge in [-0.05, 0) is 23.9 Å². The van der Waals surface area contributed by atoms with Crippen molar-refractivity contribution in [2.75, 3.05) is 13.7 Å². The third kappa shape index (κ3) is 3.80. The fourth-order valence-electron chi connectivity index (χ4n) is 2.65. The number of aromatic nitrogens is 4. The van der Waals surface area contributed by atoms with E-state index in [2.05, 4.69) is 15.5 Å². The van der Waals surface area contributed by atoms with Crippen molar-refractivity contribution in [1.82, 2.24) is 24.6 Å². The summed E-state index contributed by atoms with van der Waals surface area (Å²) in [5.74, 6) is 0.694. The maximum atomic E-state index is 12.2. The van der Waals surface area contributed by atoms with Crippen LogP contribution in [0.5, 0.6) is 0 Å². The molecule has 0 unspecified atom stereocenters. The predicted octanol–water partition coefficient (Wildman–Crippen LogP) is 1.59. The Balaban J connectivity index is 1.55. The zero-order valence-corrected chi connectivity index (χ0v) is 13.7. The van der Waals surface area contributed by atoms with E-state index in [0.29, 0.717) is 13.2 Å². The van der Waals surface area contributed by atoms with Gasteiger partial charge in [-0.2, -0.15) is 0 Å². The van der Waals surface area contributed by atoms with Crippen molar-refractivity contribution in [2.45, 2.75) is 26.1 Å². The first kappa shape index (κ1) is 16.2. The quantitative estimate of drug-likeness (QED) is 0.638. The molecular formula is C17H21N5O2. The summed E-state index contributed by atoms with van der Waals surface area (Å²) >= 11 is 0. The van der Waals surface area contributed by atoms with E-state index in [4.69, 9.17) is 4.74 Å². The number of ether oxygens (including phenoxy) is 1. The van der Waals surface area contributed by atoms with Crippen LogP contribution in [0.15, 0.2) is 42.9 Å². The first-order valence-electron chi connectivity index (χ1n) is 7.94. The number of para-hydroxylation sites is 1. The van der Waals surface area contributed by atoms with E-state index in [9.17, 15) is 4.79 Å². The molecule has 3 aromatic rings. The van der Waals surface area contributed by atoms with E-state index >= 15 is 0 Å². The Bertz CT molecular complexity index is 808. The standard InChI is InChI=1S/C17H21N5O2/c1-24-10-4-8-22-13-19-20-16(22)11-18-17(23)12-21-9-7-14-5-2-3-6-15(14)21/h2-3,5-7,9,13H,4,8,10-12H2,1H3,(H,18,23). The minimum atomic E-state index is -0.0530. The molecule has 0 saturated carbocycles. The van der Waals surface area contributed by atoms with Crippen LogP contribution in [0.3, 0.4) is 0 Å². The van der Waals surface area contributed by atoms with Crippen LogP contribution in [0.2, 0.25) is 0 Å². The zero-order chi connectivity index (χ0) is 16.8. The van der Waals surface area contributed by atoms with Gasteiger partial charge in [-0.3, -0.25) is 4.79 Å². The lowest BCUT2D eigenvalue weighted by Crippen LogP contribution is -2.28. The highest BCUT2D eigenvalue weighted by Crippen LogP contribution is 2.14. The van der Waals surface area contributed by atoms with E-state index < -0.39 is 0 Å². The molecule has 1 amide bonds. The number of benzene rings is 1.